The van der Waals surface area contributed by atoms with Crippen molar-refractivity contribution in [2.75, 3.05) is 50.8 Å². The number of rotatable bonds is 6. The predicted molar refractivity (Wildman–Crippen MR) is 135 cm³/mol. The van der Waals surface area contributed by atoms with Crippen LogP contribution in [0.25, 0.3) is 11.0 Å². The van der Waals surface area contributed by atoms with Crippen LogP contribution in [0.2, 0.25) is 0 Å². The maximum absolute atomic E-state index is 6.41. The molecule has 2 atom stereocenters. The second kappa shape index (κ2) is 9.59. The first-order valence-electron chi connectivity index (χ1n) is 13.0. The Hall–Kier alpha value is -2.57. The number of aryl methyl sites for hydroxylation is 1. The summed E-state index contributed by atoms with van der Waals surface area (Å²) in [5, 5.41) is 5.52. The van der Waals surface area contributed by atoms with Crippen LogP contribution in [0.5, 0.6) is 5.75 Å². The predicted octanol–water partition coefficient (Wildman–Crippen LogP) is 4.71. The van der Waals surface area contributed by atoms with Gasteiger partial charge in [-0.2, -0.15) is 0 Å². The van der Waals surface area contributed by atoms with Gasteiger partial charge >= 0.3 is 0 Å². The average molecular weight is 461 g/mol. The summed E-state index contributed by atoms with van der Waals surface area (Å²) in [4.78, 5) is 7.64. The number of likely N-dealkylation sites (tertiary alicyclic amines) is 1. The first-order chi connectivity index (χ1) is 16.7. The quantitative estimate of drug-likeness (QED) is 0.531. The Bertz CT molecular complexity index is 1120. The molecule has 34 heavy (non-hydrogen) atoms. The first-order valence-corrected chi connectivity index (χ1v) is 13.0. The number of aromatic nitrogens is 1. The third-order valence-corrected chi connectivity index (χ3v) is 8.00. The molecule has 6 nitrogen and oxygen atoms in total. The van der Waals surface area contributed by atoms with Crippen LogP contribution < -0.4 is 9.64 Å². The van der Waals surface area contributed by atoms with E-state index in [1.165, 1.54) is 49.9 Å². The van der Waals surface area contributed by atoms with Crippen molar-refractivity contribution in [2.24, 2.45) is 5.92 Å². The minimum Gasteiger partial charge on any atom is -0.493 e. The third-order valence-electron chi connectivity index (χ3n) is 8.00. The van der Waals surface area contributed by atoms with E-state index in [0.29, 0.717) is 12.0 Å². The number of fused-ring (bicyclic) bond motifs is 2. The molecule has 0 aliphatic carbocycles. The lowest BCUT2D eigenvalue weighted by Crippen LogP contribution is -2.57. The van der Waals surface area contributed by atoms with E-state index < -0.39 is 0 Å². The summed E-state index contributed by atoms with van der Waals surface area (Å²) in [7, 11) is 0. The van der Waals surface area contributed by atoms with Gasteiger partial charge in [0.2, 0.25) is 0 Å². The fraction of sp³-hybridized carbons (Fsp3) is 0.536. The molecule has 0 saturated carbocycles. The molecule has 180 valence electrons. The Kier molecular flexibility index (Phi) is 6.18. The van der Waals surface area contributed by atoms with Crippen molar-refractivity contribution < 1.29 is 9.26 Å². The third kappa shape index (κ3) is 4.53. The summed E-state index contributed by atoms with van der Waals surface area (Å²) in [5.74, 6) is 2.67. The number of ether oxygens (including phenoxy) is 1. The lowest BCUT2D eigenvalue weighted by atomic mass is 9.91. The molecule has 3 aromatic rings. The zero-order valence-electron chi connectivity index (χ0n) is 20.3. The molecule has 0 spiro atoms. The fourth-order valence-electron chi connectivity index (χ4n) is 5.99. The van der Waals surface area contributed by atoms with Gasteiger partial charge in [0.25, 0.3) is 0 Å². The summed E-state index contributed by atoms with van der Waals surface area (Å²) < 4.78 is 12.0. The van der Waals surface area contributed by atoms with Gasteiger partial charge in [-0.25, -0.2) is 0 Å². The number of hydrogen-bond acceptors (Lipinski definition) is 6. The molecule has 3 saturated heterocycles. The highest BCUT2D eigenvalue weighted by molar-refractivity contribution is 5.88. The molecular formula is C28H36N4O2. The monoisotopic (exact) mass is 460 g/mol. The molecule has 0 amide bonds. The van der Waals surface area contributed by atoms with Gasteiger partial charge in [-0.15, -0.1) is 0 Å². The minimum absolute atomic E-state index is 0.589. The number of nitrogens with zero attached hydrogens (tertiary/aromatic N) is 4. The standard InChI is InChI=1S/C28H36N4O2/c1-21-8-9-22(17-30-12-4-5-13-30)16-27(21)33-20-23-10-11-24-19-32(15-14-31(24)18-23)28-25-6-2-3-7-26(25)34-29-28/h2-3,6-9,16,23-24H,4-5,10-15,17-20H2,1H3/t23-,24+/m1/s1. The Morgan fingerprint density at radius 2 is 1.88 bits per heavy atom. The first kappa shape index (κ1) is 21.9. The van der Waals surface area contributed by atoms with Crippen molar-refractivity contribution in [1.82, 2.24) is 15.0 Å². The summed E-state index contributed by atoms with van der Waals surface area (Å²) >= 11 is 0. The molecular weight excluding hydrogens is 424 g/mol. The Morgan fingerprint density at radius 3 is 2.79 bits per heavy atom. The molecule has 6 rings (SSSR count). The zero-order valence-corrected chi connectivity index (χ0v) is 20.3. The Morgan fingerprint density at radius 1 is 1.00 bits per heavy atom. The molecule has 3 aliphatic heterocycles. The highest BCUT2D eigenvalue weighted by Crippen LogP contribution is 2.32. The Balaban J connectivity index is 1.04. The van der Waals surface area contributed by atoms with E-state index in [2.05, 4.69) is 57.1 Å². The number of para-hydroxylation sites is 1. The molecule has 1 aromatic heterocycles. The van der Waals surface area contributed by atoms with Gasteiger partial charge in [0, 0.05) is 44.7 Å². The van der Waals surface area contributed by atoms with Crippen LogP contribution in [0.3, 0.4) is 0 Å². The SMILES string of the molecule is Cc1ccc(CN2CCCC2)cc1OC[C@@H]1CC[C@H]2CN(c3noc4ccccc34)CCN2C1. The average Bonchev–Trinajstić information content (AvgIpc) is 3.54. The number of benzene rings is 2. The smallest absolute Gasteiger partial charge is 0.180 e. The van der Waals surface area contributed by atoms with Crippen molar-refractivity contribution >= 4 is 16.8 Å². The van der Waals surface area contributed by atoms with Gasteiger partial charge in [0.15, 0.2) is 11.4 Å². The number of piperidine rings is 1. The maximum Gasteiger partial charge on any atom is 0.180 e. The highest BCUT2D eigenvalue weighted by Gasteiger charge is 2.34. The lowest BCUT2D eigenvalue weighted by Gasteiger charge is -2.46. The van der Waals surface area contributed by atoms with Crippen molar-refractivity contribution in [1.29, 1.82) is 0 Å². The van der Waals surface area contributed by atoms with Crippen molar-refractivity contribution in [3.8, 4) is 5.75 Å². The summed E-state index contributed by atoms with van der Waals surface area (Å²) in [6, 6.07) is 15.5. The zero-order chi connectivity index (χ0) is 22.9. The number of piperazine rings is 1. The topological polar surface area (TPSA) is 45.0 Å². The molecule has 0 radical (unpaired) electrons. The van der Waals surface area contributed by atoms with Crippen LogP contribution in [-0.2, 0) is 6.54 Å². The van der Waals surface area contributed by atoms with Gasteiger partial charge in [0.05, 0.1) is 12.0 Å². The second-order valence-corrected chi connectivity index (χ2v) is 10.4. The molecule has 2 aromatic carbocycles. The van der Waals surface area contributed by atoms with Crippen LogP contribution in [0.1, 0.15) is 36.8 Å². The van der Waals surface area contributed by atoms with Crippen molar-refractivity contribution in [3.63, 3.8) is 0 Å². The number of anilines is 1. The van der Waals surface area contributed by atoms with Crippen LogP contribution in [-0.4, -0.2) is 66.9 Å². The summed E-state index contributed by atoms with van der Waals surface area (Å²) in [5.41, 5.74) is 3.50. The van der Waals surface area contributed by atoms with Gasteiger partial charge in [-0.05, 0) is 75.0 Å². The summed E-state index contributed by atoms with van der Waals surface area (Å²) in [6.45, 7) is 10.7. The molecule has 3 aliphatic rings. The molecule has 0 bridgehead atoms. The van der Waals surface area contributed by atoms with E-state index >= 15 is 0 Å². The van der Waals surface area contributed by atoms with Crippen LogP contribution >= 0.6 is 0 Å². The number of hydrogen-bond donors (Lipinski definition) is 0. The molecule has 4 heterocycles. The molecule has 6 heteroatoms. The van der Waals surface area contributed by atoms with Crippen molar-refractivity contribution in [3.05, 3.63) is 53.6 Å². The fourth-order valence-corrected chi connectivity index (χ4v) is 5.99. The minimum atomic E-state index is 0.589. The van der Waals surface area contributed by atoms with E-state index in [0.717, 1.165) is 61.9 Å². The molecule has 0 unspecified atom stereocenters. The maximum atomic E-state index is 6.41. The van der Waals surface area contributed by atoms with E-state index in [-0.39, 0.29) is 0 Å². The van der Waals surface area contributed by atoms with E-state index in [1.807, 2.05) is 12.1 Å². The van der Waals surface area contributed by atoms with E-state index in [1.54, 1.807) is 0 Å². The normalized spacial score (nSPS) is 24.0. The highest BCUT2D eigenvalue weighted by atomic mass is 16.5. The lowest BCUT2D eigenvalue weighted by molar-refractivity contribution is 0.0725. The van der Waals surface area contributed by atoms with E-state index in [4.69, 9.17) is 9.26 Å². The van der Waals surface area contributed by atoms with E-state index in [9.17, 15) is 0 Å². The summed E-state index contributed by atoms with van der Waals surface area (Å²) in [6.07, 6.45) is 5.11. The molecule has 3 fully saturated rings. The largest absolute Gasteiger partial charge is 0.493 e. The van der Waals surface area contributed by atoms with Gasteiger partial charge < -0.3 is 14.2 Å². The molecule has 0 N–H and O–H groups in total. The second-order valence-electron chi connectivity index (χ2n) is 10.4. The van der Waals surface area contributed by atoms with Crippen molar-refractivity contribution in [2.45, 2.75) is 45.2 Å². The van der Waals surface area contributed by atoms with Gasteiger partial charge in [-0.1, -0.05) is 29.4 Å². The van der Waals surface area contributed by atoms with Gasteiger partial charge in [-0.3, -0.25) is 9.80 Å². The van der Waals surface area contributed by atoms with Crippen LogP contribution in [0.15, 0.2) is 47.0 Å². The Labute approximate surface area is 202 Å². The van der Waals surface area contributed by atoms with Gasteiger partial charge in [0.1, 0.15) is 5.75 Å². The van der Waals surface area contributed by atoms with Crippen LogP contribution in [0, 0.1) is 12.8 Å². The van der Waals surface area contributed by atoms with Crippen LogP contribution in [0.4, 0.5) is 5.82 Å².